The average molecular weight is 225 g/mol. The number of aromatic nitrogens is 2. The summed E-state index contributed by atoms with van der Waals surface area (Å²) in [5.41, 5.74) is 6.02. The molecule has 0 aliphatic carbocycles. The van der Waals surface area contributed by atoms with Gasteiger partial charge < -0.3 is 10.3 Å². The Bertz CT molecular complexity index is 323. The zero-order valence-electron chi connectivity index (χ0n) is 10.9. The first-order valence-corrected chi connectivity index (χ1v) is 5.99. The first kappa shape index (κ1) is 13.2. The van der Waals surface area contributed by atoms with Crippen molar-refractivity contribution in [1.82, 2.24) is 10.1 Å². The van der Waals surface area contributed by atoms with E-state index in [1.54, 1.807) is 0 Å². The molecule has 0 amide bonds. The van der Waals surface area contributed by atoms with Gasteiger partial charge in [0.25, 0.3) is 0 Å². The lowest BCUT2D eigenvalue weighted by atomic mass is 9.94. The highest BCUT2D eigenvalue weighted by Gasteiger charge is 2.26. The molecule has 4 nitrogen and oxygen atoms in total. The van der Waals surface area contributed by atoms with Crippen LogP contribution < -0.4 is 5.73 Å². The van der Waals surface area contributed by atoms with Crippen LogP contribution in [0, 0.1) is 5.92 Å². The number of hydrogen-bond acceptors (Lipinski definition) is 4. The number of rotatable bonds is 4. The van der Waals surface area contributed by atoms with E-state index in [4.69, 9.17) is 10.3 Å². The third-order valence-electron chi connectivity index (χ3n) is 2.94. The van der Waals surface area contributed by atoms with Crippen LogP contribution in [0.2, 0.25) is 0 Å². The highest BCUT2D eigenvalue weighted by molar-refractivity contribution is 5.01. The van der Waals surface area contributed by atoms with Gasteiger partial charge >= 0.3 is 0 Å². The van der Waals surface area contributed by atoms with Crippen LogP contribution in [0.1, 0.15) is 65.2 Å². The minimum Gasteiger partial charge on any atom is -0.339 e. The third kappa shape index (κ3) is 2.82. The fourth-order valence-electron chi connectivity index (χ4n) is 1.68. The molecule has 0 aliphatic rings. The van der Waals surface area contributed by atoms with Gasteiger partial charge in [-0.1, -0.05) is 52.6 Å². The molecular formula is C12H23N3O. The molecule has 1 aromatic heterocycles. The highest BCUT2D eigenvalue weighted by atomic mass is 16.5. The van der Waals surface area contributed by atoms with E-state index in [0.29, 0.717) is 17.6 Å². The van der Waals surface area contributed by atoms with Gasteiger partial charge in [0.15, 0.2) is 5.82 Å². The maximum Gasteiger partial charge on any atom is 0.232 e. The van der Waals surface area contributed by atoms with E-state index in [2.05, 4.69) is 24.0 Å². The standard InChI is InChI=1S/C12H23N3O/c1-6-8(7-2)9(13)10-14-11(16-15-10)12(3,4)5/h8-9H,6-7,13H2,1-5H3. The summed E-state index contributed by atoms with van der Waals surface area (Å²) < 4.78 is 5.25. The van der Waals surface area contributed by atoms with Crippen molar-refractivity contribution in [2.75, 3.05) is 0 Å². The van der Waals surface area contributed by atoms with Crippen LogP contribution in [0.15, 0.2) is 4.52 Å². The lowest BCUT2D eigenvalue weighted by Gasteiger charge is -2.17. The molecule has 92 valence electrons. The van der Waals surface area contributed by atoms with Gasteiger partial charge in [-0.2, -0.15) is 4.98 Å². The largest absolute Gasteiger partial charge is 0.339 e. The zero-order valence-corrected chi connectivity index (χ0v) is 10.9. The van der Waals surface area contributed by atoms with Crippen molar-refractivity contribution in [3.05, 3.63) is 11.7 Å². The first-order valence-electron chi connectivity index (χ1n) is 5.99. The molecule has 2 N–H and O–H groups in total. The highest BCUT2D eigenvalue weighted by Crippen LogP contribution is 2.26. The Morgan fingerprint density at radius 2 is 1.81 bits per heavy atom. The third-order valence-corrected chi connectivity index (χ3v) is 2.94. The molecule has 0 radical (unpaired) electrons. The summed E-state index contributed by atoms with van der Waals surface area (Å²) in [6.07, 6.45) is 2.08. The molecule has 1 rings (SSSR count). The summed E-state index contributed by atoms with van der Waals surface area (Å²) in [5, 5.41) is 3.99. The second-order valence-electron chi connectivity index (χ2n) is 5.31. The van der Waals surface area contributed by atoms with Crippen molar-refractivity contribution in [2.45, 2.75) is 58.9 Å². The summed E-state index contributed by atoms with van der Waals surface area (Å²) in [7, 11) is 0. The van der Waals surface area contributed by atoms with Crippen LogP contribution >= 0.6 is 0 Å². The summed E-state index contributed by atoms with van der Waals surface area (Å²) in [4.78, 5) is 4.40. The minimum absolute atomic E-state index is 0.112. The van der Waals surface area contributed by atoms with E-state index in [9.17, 15) is 0 Å². The van der Waals surface area contributed by atoms with E-state index in [1.165, 1.54) is 0 Å². The molecule has 0 spiro atoms. The predicted molar refractivity (Wildman–Crippen MR) is 64.0 cm³/mol. The first-order chi connectivity index (χ1) is 7.40. The number of nitrogens with two attached hydrogens (primary N) is 1. The molecule has 0 aromatic carbocycles. The Balaban J connectivity index is 2.85. The summed E-state index contributed by atoms with van der Waals surface area (Å²) in [5.74, 6) is 1.72. The van der Waals surface area contributed by atoms with Gasteiger partial charge in [0.05, 0.1) is 6.04 Å². The Hall–Kier alpha value is -0.900. The van der Waals surface area contributed by atoms with E-state index >= 15 is 0 Å². The summed E-state index contributed by atoms with van der Waals surface area (Å²) in [6.45, 7) is 10.4. The van der Waals surface area contributed by atoms with Crippen LogP contribution in [0.25, 0.3) is 0 Å². The van der Waals surface area contributed by atoms with Crippen molar-refractivity contribution in [1.29, 1.82) is 0 Å². The topological polar surface area (TPSA) is 64.9 Å². The smallest absolute Gasteiger partial charge is 0.232 e. The van der Waals surface area contributed by atoms with E-state index in [-0.39, 0.29) is 11.5 Å². The normalized spacial score (nSPS) is 14.4. The maximum atomic E-state index is 6.13. The van der Waals surface area contributed by atoms with Crippen LogP contribution in [0.3, 0.4) is 0 Å². The van der Waals surface area contributed by atoms with Gasteiger partial charge in [-0.25, -0.2) is 0 Å². The fraction of sp³-hybridized carbons (Fsp3) is 0.833. The Kier molecular flexibility index (Phi) is 4.08. The molecule has 1 aromatic rings. The zero-order chi connectivity index (χ0) is 12.3. The van der Waals surface area contributed by atoms with Crippen LogP contribution in [0.5, 0.6) is 0 Å². The van der Waals surface area contributed by atoms with Gasteiger partial charge in [0.1, 0.15) is 0 Å². The second kappa shape index (κ2) is 4.95. The average Bonchev–Trinajstić information content (AvgIpc) is 2.67. The SMILES string of the molecule is CCC(CC)C(N)c1noc(C(C)(C)C)n1. The summed E-state index contributed by atoms with van der Waals surface area (Å²) in [6, 6.07) is -0.116. The van der Waals surface area contributed by atoms with Crippen molar-refractivity contribution >= 4 is 0 Å². The van der Waals surface area contributed by atoms with Crippen molar-refractivity contribution in [3.8, 4) is 0 Å². The molecule has 1 heterocycles. The molecule has 1 atom stereocenters. The Morgan fingerprint density at radius 3 is 2.19 bits per heavy atom. The predicted octanol–water partition coefficient (Wildman–Crippen LogP) is 2.80. The Morgan fingerprint density at radius 1 is 1.25 bits per heavy atom. The molecule has 1 unspecified atom stereocenters. The van der Waals surface area contributed by atoms with Gasteiger partial charge in [-0.15, -0.1) is 0 Å². The van der Waals surface area contributed by atoms with Crippen LogP contribution in [-0.2, 0) is 5.41 Å². The van der Waals surface area contributed by atoms with E-state index in [1.807, 2.05) is 20.8 Å². The molecule has 0 saturated carbocycles. The van der Waals surface area contributed by atoms with Crippen LogP contribution in [0.4, 0.5) is 0 Å². The van der Waals surface area contributed by atoms with E-state index < -0.39 is 0 Å². The number of hydrogen-bond donors (Lipinski definition) is 1. The molecule has 0 bridgehead atoms. The van der Waals surface area contributed by atoms with Crippen LogP contribution in [-0.4, -0.2) is 10.1 Å². The lowest BCUT2D eigenvalue weighted by Crippen LogP contribution is -2.22. The fourth-order valence-corrected chi connectivity index (χ4v) is 1.68. The van der Waals surface area contributed by atoms with Gasteiger partial charge in [-0.3, -0.25) is 0 Å². The molecule has 0 aliphatic heterocycles. The molecule has 0 saturated heterocycles. The quantitative estimate of drug-likeness (QED) is 0.855. The van der Waals surface area contributed by atoms with Crippen molar-refractivity contribution in [2.24, 2.45) is 11.7 Å². The summed E-state index contributed by atoms with van der Waals surface area (Å²) >= 11 is 0. The molecular weight excluding hydrogens is 202 g/mol. The molecule has 0 fully saturated rings. The second-order valence-corrected chi connectivity index (χ2v) is 5.31. The van der Waals surface area contributed by atoms with Crippen molar-refractivity contribution < 1.29 is 4.52 Å². The molecule has 16 heavy (non-hydrogen) atoms. The minimum atomic E-state index is -0.116. The van der Waals surface area contributed by atoms with Crippen molar-refractivity contribution in [3.63, 3.8) is 0 Å². The molecule has 4 heteroatoms. The monoisotopic (exact) mass is 225 g/mol. The number of nitrogens with zero attached hydrogens (tertiary/aromatic N) is 2. The van der Waals surface area contributed by atoms with E-state index in [0.717, 1.165) is 12.8 Å². The van der Waals surface area contributed by atoms with Gasteiger partial charge in [-0.05, 0) is 5.92 Å². The lowest BCUT2D eigenvalue weighted by molar-refractivity contribution is 0.311. The van der Waals surface area contributed by atoms with Gasteiger partial charge in [0.2, 0.25) is 5.89 Å². The Labute approximate surface area is 97.6 Å². The maximum absolute atomic E-state index is 6.13. The van der Waals surface area contributed by atoms with Gasteiger partial charge in [0, 0.05) is 5.41 Å².